The summed E-state index contributed by atoms with van der Waals surface area (Å²) < 4.78 is 5.18. The molecule has 6 heteroatoms. The molecular weight excluding hydrogens is 228 g/mol. The Morgan fingerprint density at radius 3 is 2.41 bits per heavy atom. The summed E-state index contributed by atoms with van der Waals surface area (Å²) in [6, 6.07) is 0. The van der Waals surface area contributed by atoms with Gasteiger partial charge in [-0.15, -0.1) is 0 Å². The van der Waals surface area contributed by atoms with E-state index >= 15 is 0 Å². The second kappa shape index (κ2) is 4.89. The number of carboxylic acid groups (broad SMARTS) is 1. The van der Waals surface area contributed by atoms with Crippen LogP contribution < -0.4 is 0 Å². The molecule has 0 amide bonds. The second-order valence-electron chi connectivity index (χ2n) is 4.90. The van der Waals surface area contributed by atoms with Crippen LogP contribution in [0.25, 0.3) is 0 Å². The van der Waals surface area contributed by atoms with Gasteiger partial charge in [0.2, 0.25) is 0 Å². The molecule has 0 aromatic heterocycles. The van der Waals surface area contributed by atoms with Crippen LogP contribution in [0.5, 0.6) is 0 Å². The lowest BCUT2D eigenvalue weighted by Crippen LogP contribution is -2.57. The van der Waals surface area contributed by atoms with Gasteiger partial charge in [0, 0.05) is 18.3 Å². The summed E-state index contributed by atoms with van der Waals surface area (Å²) in [5.41, 5.74) is 0. The number of hydrogen-bond donors (Lipinski definition) is 4. The highest BCUT2D eigenvalue weighted by Crippen LogP contribution is 2.35. The monoisotopic (exact) mass is 248 g/mol. The van der Waals surface area contributed by atoms with Gasteiger partial charge >= 0.3 is 5.97 Å². The third-order valence-electron chi connectivity index (χ3n) is 3.56. The maximum Gasteiger partial charge on any atom is 0.364 e. The van der Waals surface area contributed by atoms with Gasteiger partial charge in [-0.1, -0.05) is 13.8 Å². The topological polar surface area (TPSA) is 107 Å². The average Bonchev–Trinajstić information content (AvgIpc) is 2.22. The van der Waals surface area contributed by atoms with Gasteiger partial charge in [-0.3, -0.25) is 0 Å². The van der Waals surface area contributed by atoms with E-state index in [1.807, 2.05) is 0 Å². The van der Waals surface area contributed by atoms with E-state index in [-0.39, 0.29) is 18.3 Å². The van der Waals surface area contributed by atoms with Gasteiger partial charge in [0.05, 0.1) is 18.3 Å². The fourth-order valence-corrected chi connectivity index (χ4v) is 2.07. The van der Waals surface area contributed by atoms with Gasteiger partial charge in [0.15, 0.2) is 0 Å². The molecule has 0 aliphatic carbocycles. The second-order valence-corrected chi connectivity index (χ2v) is 4.90. The van der Waals surface area contributed by atoms with Crippen molar-refractivity contribution in [2.45, 2.75) is 51.3 Å². The lowest BCUT2D eigenvalue weighted by atomic mass is 9.81. The number of aliphatic hydroxyl groups is 3. The van der Waals surface area contributed by atoms with Crippen LogP contribution in [0.1, 0.15) is 27.2 Å². The van der Waals surface area contributed by atoms with Crippen molar-refractivity contribution in [1.82, 2.24) is 0 Å². The molecule has 1 aliphatic heterocycles. The van der Waals surface area contributed by atoms with Crippen LogP contribution >= 0.6 is 0 Å². The Balaban J connectivity index is 2.93. The van der Waals surface area contributed by atoms with Crippen molar-refractivity contribution in [1.29, 1.82) is 0 Å². The van der Waals surface area contributed by atoms with E-state index in [1.165, 1.54) is 0 Å². The maximum absolute atomic E-state index is 10.9. The lowest BCUT2D eigenvalue weighted by Gasteiger charge is -2.43. The molecule has 100 valence electrons. The molecule has 1 unspecified atom stereocenters. The van der Waals surface area contributed by atoms with E-state index in [4.69, 9.17) is 9.84 Å². The number of ether oxygens (including phenoxy) is 1. The molecule has 0 radical (unpaired) electrons. The first-order valence-electron chi connectivity index (χ1n) is 5.68. The Hall–Kier alpha value is -0.690. The van der Waals surface area contributed by atoms with Crippen LogP contribution in [-0.4, -0.2) is 50.5 Å². The molecule has 17 heavy (non-hydrogen) atoms. The highest BCUT2D eigenvalue weighted by atomic mass is 16.7. The zero-order chi connectivity index (χ0) is 13.4. The Morgan fingerprint density at radius 2 is 2.00 bits per heavy atom. The summed E-state index contributed by atoms with van der Waals surface area (Å²) in [6.07, 6.45) is -2.77. The molecule has 0 saturated carbocycles. The largest absolute Gasteiger partial charge is 0.477 e. The minimum Gasteiger partial charge on any atom is -0.477 e. The molecule has 6 nitrogen and oxygen atoms in total. The number of carboxylic acids is 1. The van der Waals surface area contributed by atoms with Gasteiger partial charge in [-0.25, -0.2) is 4.79 Å². The van der Waals surface area contributed by atoms with E-state index in [0.717, 1.165) is 0 Å². The van der Waals surface area contributed by atoms with Gasteiger partial charge in [0.25, 0.3) is 5.79 Å². The van der Waals surface area contributed by atoms with Crippen molar-refractivity contribution in [3.8, 4) is 0 Å². The Kier molecular flexibility index (Phi) is 4.14. The highest BCUT2D eigenvalue weighted by molar-refractivity contribution is 5.75. The molecule has 4 N–H and O–H groups in total. The van der Waals surface area contributed by atoms with Crippen LogP contribution in [0.2, 0.25) is 0 Å². The molecule has 1 saturated heterocycles. The van der Waals surface area contributed by atoms with E-state index < -0.39 is 30.1 Å². The Bertz CT molecular complexity index is 288. The van der Waals surface area contributed by atoms with E-state index in [1.54, 1.807) is 20.8 Å². The first-order valence-corrected chi connectivity index (χ1v) is 5.68. The molecule has 0 aromatic carbocycles. The van der Waals surface area contributed by atoms with Crippen LogP contribution in [0.3, 0.4) is 0 Å². The van der Waals surface area contributed by atoms with Crippen molar-refractivity contribution in [2.75, 3.05) is 0 Å². The predicted octanol–water partition coefficient (Wildman–Crippen LogP) is -0.438. The quantitative estimate of drug-likeness (QED) is 0.539. The summed E-state index contributed by atoms with van der Waals surface area (Å²) in [5.74, 6) is -4.63. The van der Waals surface area contributed by atoms with Gasteiger partial charge in [-0.05, 0) is 6.92 Å². The van der Waals surface area contributed by atoms with Crippen molar-refractivity contribution >= 4 is 5.97 Å². The van der Waals surface area contributed by atoms with Crippen molar-refractivity contribution < 1.29 is 30.0 Å². The molecule has 1 heterocycles. The smallest absolute Gasteiger partial charge is 0.364 e. The summed E-state index contributed by atoms with van der Waals surface area (Å²) in [6.45, 7) is 4.95. The minimum atomic E-state index is -2.38. The molecule has 0 bridgehead atoms. The highest BCUT2D eigenvalue weighted by Gasteiger charge is 2.50. The first kappa shape index (κ1) is 14.4. The molecule has 0 spiro atoms. The summed E-state index contributed by atoms with van der Waals surface area (Å²) in [7, 11) is 0. The zero-order valence-corrected chi connectivity index (χ0v) is 10.2. The number of carbonyl (C=O) groups is 1. The number of rotatable bonds is 3. The molecule has 6 atom stereocenters. The fraction of sp³-hybridized carbons (Fsp3) is 0.909. The normalized spacial score (nSPS) is 41.9. The average molecular weight is 248 g/mol. The summed E-state index contributed by atoms with van der Waals surface area (Å²) in [5, 5.41) is 37.9. The Morgan fingerprint density at radius 1 is 1.47 bits per heavy atom. The van der Waals surface area contributed by atoms with E-state index in [0.29, 0.717) is 0 Å². The number of aliphatic hydroxyl groups excluding tert-OH is 2. The third-order valence-corrected chi connectivity index (χ3v) is 3.56. The van der Waals surface area contributed by atoms with Crippen LogP contribution in [0.4, 0.5) is 0 Å². The van der Waals surface area contributed by atoms with E-state index in [2.05, 4.69) is 0 Å². The molecule has 1 rings (SSSR count). The maximum atomic E-state index is 10.9. The van der Waals surface area contributed by atoms with Crippen molar-refractivity contribution in [2.24, 2.45) is 11.8 Å². The number of aliphatic carboxylic acids is 1. The van der Waals surface area contributed by atoms with Crippen LogP contribution in [0.15, 0.2) is 0 Å². The predicted molar refractivity (Wildman–Crippen MR) is 58.1 cm³/mol. The third kappa shape index (κ3) is 2.77. The first-order chi connectivity index (χ1) is 7.69. The summed E-state index contributed by atoms with van der Waals surface area (Å²) >= 11 is 0. The van der Waals surface area contributed by atoms with Gasteiger partial charge in [0.1, 0.15) is 0 Å². The molecule has 1 aliphatic rings. The van der Waals surface area contributed by atoms with Crippen molar-refractivity contribution in [3.63, 3.8) is 0 Å². The standard InChI is InChI=1S/C11H20O6/c1-5(7(3)12)9-6(2)8(13)4-11(16,17-9)10(14)15/h5-9,12-13,16H,4H2,1-3H3,(H,14,15)/t5-,6-,7-,8+,9?,11+/m1/s1. The van der Waals surface area contributed by atoms with Crippen LogP contribution in [-0.2, 0) is 9.53 Å². The van der Waals surface area contributed by atoms with E-state index in [9.17, 15) is 20.1 Å². The number of hydrogen-bond acceptors (Lipinski definition) is 5. The summed E-state index contributed by atoms with van der Waals surface area (Å²) in [4.78, 5) is 10.9. The lowest BCUT2D eigenvalue weighted by molar-refractivity contribution is -0.294. The Labute approximate surface area is 99.8 Å². The minimum absolute atomic E-state index is 0.348. The molecule has 0 aromatic rings. The molecular formula is C11H20O6. The van der Waals surface area contributed by atoms with Crippen LogP contribution in [0, 0.1) is 11.8 Å². The fourth-order valence-electron chi connectivity index (χ4n) is 2.07. The van der Waals surface area contributed by atoms with Crippen molar-refractivity contribution in [3.05, 3.63) is 0 Å². The SMILES string of the molecule is C[C@@H](O)[C@@H](C)C1O[C@](O)(C(=O)O)C[C@H](O)[C@H]1C. The zero-order valence-electron chi connectivity index (χ0n) is 10.2. The van der Waals surface area contributed by atoms with Gasteiger partial charge in [-0.2, -0.15) is 0 Å². The molecule has 1 fully saturated rings. The van der Waals surface area contributed by atoms with Gasteiger partial charge < -0.3 is 25.2 Å².